The van der Waals surface area contributed by atoms with Crippen LogP contribution in [0.25, 0.3) is 0 Å². The highest BCUT2D eigenvalue weighted by Gasteiger charge is 2.35. The third-order valence-electron chi connectivity index (χ3n) is 2.54. The number of anilines is 1. The predicted molar refractivity (Wildman–Crippen MR) is 65.2 cm³/mol. The van der Waals surface area contributed by atoms with Gasteiger partial charge in [-0.15, -0.1) is 0 Å². The maximum atomic E-state index is 12.9. The minimum atomic E-state index is -4.46. The zero-order chi connectivity index (χ0) is 14.5. The second kappa shape index (κ2) is 6.26. The Morgan fingerprint density at radius 1 is 1.53 bits per heavy atom. The number of hydrogen-bond acceptors (Lipinski definition) is 4. The molecule has 0 saturated heterocycles. The number of rotatable bonds is 5. The van der Waals surface area contributed by atoms with Gasteiger partial charge in [0.05, 0.1) is 5.56 Å². The van der Waals surface area contributed by atoms with Gasteiger partial charge in [0.25, 0.3) is 0 Å². The third-order valence-corrected chi connectivity index (χ3v) is 2.54. The third kappa shape index (κ3) is 4.01. The van der Waals surface area contributed by atoms with Gasteiger partial charge in [-0.05, 0) is 19.1 Å². The Morgan fingerprint density at radius 3 is 2.74 bits per heavy atom. The van der Waals surface area contributed by atoms with Gasteiger partial charge in [-0.3, -0.25) is 0 Å². The largest absolute Gasteiger partial charge is 0.419 e. The quantitative estimate of drug-likeness (QED) is 0.373. The summed E-state index contributed by atoms with van der Waals surface area (Å²) in [5.41, 5.74) is 4.51. The summed E-state index contributed by atoms with van der Waals surface area (Å²) in [6, 6.07) is 2.22. The van der Waals surface area contributed by atoms with E-state index >= 15 is 0 Å². The molecule has 0 aliphatic heterocycles. The van der Waals surface area contributed by atoms with Gasteiger partial charge in [0.2, 0.25) is 0 Å². The van der Waals surface area contributed by atoms with Crippen molar-refractivity contribution < 1.29 is 18.4 Å². The van der Waals surface area contributed by atoms with Crippen LogP contribution in [0.1, 0.15) is 18.9 Å². The van der Waals surface area contributed by atoms with Crippen molar-refractivity contribution in [3.05, 3.63) is 23.9 Å². The van der Waals surface area contributed by atoms with Gasteiger partial charge in [0.15, 0.2) is 0 Å². The Bertz CT molecular complexity index is 448. The first-order chi connectivity index (χ1) is 8.90. The van der Waals surface area contributed by atoms with Gasteiger partial charge in [-0.25, -0.2) is 4.98 Å². The van der Waals surface area contributed by atoms with Crippen LogP contribution < -0.4 is 10.6 Å². The maximum Gasteiger partial charge on any atom is 0.419 e. The Balaban J connectivity index is 2.99. The summed E-state index contributed by atoms with van der Waals surface area (Å²) in [5.74, 6) is -0.189. The molecule has 0 spiro atoms. The second-order valence-electron chi connectivity index (χ2n) is 3.79. The molecule has 0 aromatic carbocycles. The number of halogens is 3. The number of pyridine rings is 1. The molecule has 0 atom stereocenters. The van der Waals surface area contributed by atoms with Crippen LogP contribution in [-0.4, -0.2) is 29.1 Å². The number of nitrogens with two attached hydrogens (primary N) is 1. The molecule has 5 nitrogen and oxygen atoms in total. The molecule has 1 rings (SSSR count). The van der Waals surface area contributed by atoms with E-state index in [1.165, 1.54) is 17.2 Å². The van der Waals surface area contributed by atoms with Crippen LogP contribution in [-0.2, 0) is 6.18 Å². The lowest BCUT2D eigenvalue weighted by Gasteiger charge is -2.24. The van der Waals surface area contributed by atoms with Crippen molar-refractivity contribution in [3.63, 3.8) is 0 Å². The Labute approximate surface area is 108 Å². The number of hydrogen-bond donors (Lipinski definition) is 2. The smallest absolute Gasteiger partial charge is 0.409 e. The number of oxime groups is 1. The minimum Gasteiger partial charge on any atom is -0.409 e. The average Bonchev–Trinajstić information content (AvgIpc) is 2.38. The summed E-state index contributed by atoms with van der Waals surface area (Å²) in [4.78, 5) is 5.21. The van der Waals surface area contributed by atoms with Crippen molar-refractivity contribution >= 4 is 11.7 Å². The molecule has 1 heterocycles. The predicted octanol–water partition coefficient (Wildman–Crippen LogP) is 2.06. The molecule has 8 heteroatoms. The van der Waals surface area contributed by atoms with Crippen LogP contribution in [0.4, 0.5) is 19.0 Å². The fourth-order valence-electron chi connectivity index (χ4n) is 1.58. The van der Waals surface area contributed by atoms with E-state index in [1.54, 1.807) is 6.92 Å². The summed E-state index contributed by atoms with van der Waals surface area (Å²) in [5, 5.41) is 11.2. The van der Waals surface area contributed by atoms with Crippen LogP contribution >= 0.6 is 0 Å². The molecule has 0 bridgehead atoms. The van der Waals surface area contributed by atoms with E-state index in [0.717, 1.165) is 6.07 Å². The van der Waals surface area contributed by atoms with Crippen LogP contribution in [0, 0.1) is 0 Å². The molecular formula is C11H15F3N4O. The molecule has 0 fully saturated rings. The van der Waals surface area contributed by atoms with E-state index in [2.05, 4.69) is 10.1 Å². The highest BCUT2D eigenvalue weighted by atomic mass is 19.4. The van der Waals surface area contributed by atoms with Crippen molar-refractivity contribution in [3.8, 4) is 0 Å². The van der Waals surface area contributed by atoms with E-state index < -0.39 is 11.7 Å². The van der Waals surface area contributed by atoms with Gasteiger partial charge in [-0.1, -0.05) is 5.16 Å². The molecule has 1 aromatic heterocycles. The van der Waals surface area contributed by atoms with Crippen molar-refractivity contribution in [1.29, 1.82) is 0 Å². The van der Waals surface area contributed by atoms with E-state index in [1.807, 2.05) is 0 Å². The zero-order valence-corrected chi connectivity index (χ0v) is 10.4. The molecular weight excluding hydrogens is 261 g/mol. The summed E-state index contributed by atoms with van der Waals surface area (Å²) in [6.45, 7) is 2.23. The molecule has 106 valence electrons. The molecule has 1 aromatic rings. The van der Waals surface area contributed by atoms with Crippen LogP contribution in [0.15, 0.2) is 23.5 Å². The van der Waals surface area contributed by atoms with Gasteiger partial charge in [0, 0.05) is 25.7 Å². The number of aromatic nitrogens is 1. The second-order valence-corrected chi connectivity index (χ2v) is 3.79. The Kier molecular flexibility index (Phi) is 4.96. The number of nitrogens with zero attached hydrogens (tertiary/aromatic N) is 3. The molecule has 0 unspecified atom stereocenters. The fourth-order valence-corrected chi connectivity index (χ4v) is 1.58. The van der Waals surface area contributed by atoms with Crippen molar-refractivity contribution in [1.82, 2.24) is 4.98 Å². The van der Waals surface area contributed by atoms with Crippen molar-refractivity contribution in [2.45, 2.75) is 19.5 Å². The topological polar surface area (TPSA) is 74.7 Å². The number of alkyl halides is 3. The van der Waals surface area contributed by atoms with Crippen LogP contribution in [0.3, 0.4) is 0 Å². The molecule has 19 heavy (non-hydrogen) atoms. The first-order valence-corrected chi connectivity index (χ1v) is 5.63. The maximum absolute atomic E-state index is 12.9. The van der Waals surface area contributed by atoms with Crippen molar-refractivity contribution in [2.24, 2.45) is 10.9 Å². The molecule has 0 radical (unpaired) electrons. The van der Waals surface area contributed by atoms with E-state index in [4.69, 9.17) is 10.9 Å². The lowest BCUT2D eigenvalue weighted by molar-refractivity contribution is -0.137. The first-order valence-electron chi connectivity index (χ1n) is 5.63. The highest BCUT2D eigenvalue weighted by Crippen LogP contribution is 2.35. The summed E-state index contributed by atoms with van der Waals surface area (Å²) in [7, 11) is 0. The summed E-state index contributed by atoms with van der Waals surface area (Å²) < 4.78 is 38.6. The van der Waals surface area contributed by atoms with Gasteiger partial charge >= 0.3 is 6.18 Å². The number of amidine groups is 1. The van der Waals surface area contributed by atoms with Gasteiger partial charge in [-0.2, -0.15) is 13.2 Å². The Hall–Kier alpha value is -1.99. The van der Waals surface area contributed by atoms with E-state index in [0.29, 0.717) is 6.54 Å². The molecule has 0 aliphatic carbocycles. The molecule has 0 saturated carbocycles. The summed E-state index contributed by atoms with van der Waals surface area (Å²) in [6.07, 6.45) is -3.01. The lowest BCUT2D eigenvalue weighted by Crippen LogP contribution is -2.30. The highest BCUT2D eigenvalue weighted by molar-refractivity contribution is 5.80. The SMILES string of the molecule is CCN(CC/C(N)=N/O)c1ncccc1C(F)(F)F. The fraction of sp³-hybridized carbons (Fsp3) is 0.455. The minimum absolute atomic E-state index is 0.0389. The molecule has 0 amide bonds. The van der Waals surface area contributed by atoms with Gasteiger partial charge < -0.3 is 15.8 Å². The van der Waals surface area contributed by atoms with Crippen LogP contribution in [0.2, 0.25) is 0 Å². The first kappa shape index (κ1) is 15.1. The van der Waals surface area contributed by atoms with Crippen LogP contribution in [0.5, 0.6) is 0 Å². The summed E-state index contributed by atoms with van der Waals surface area (Å²) >= 11 is 0. The normalized spacial score (nSPS) is 12.5. The monoisotopic (exact) mass is 276 g/mol. The Morgan fingerprint density at radius 2 is 2.21 bits per heavy atom. The van der Waals surface area contributed by atoms with Gasteiger partial charge in [0.1, 0.15) is 11.7 Å². The molecule has 0 aliphatic rings. The average molecular weight is 276 g/mol. The molecule has 3 N–H and O–H groups in total. The standard InChI is InChI=1S/C11H15F3N4O/c1-2-18(7-5-9(15)17-19)10-8(11(12,13)14)4-3-6-16-10/h3-4,6,19H,2,5,7H2,1H3,(H2,15,17). The zero-order valence-electron chi connectivity index (χ0n) is 10.4. The van der Waals surface area contributed by atoms with E-state index in [-0.39, 0.29) is 24.6 Å². The van der Waals surface area contributed by atoms with E-state index in [9.17, 15) is 13.2 Å². The lowest BCUT2D eigenvalue weighted by atomic mass is 10.2. The van der Waals surface area contributed by atoms with Crippen molar-refractivity contribution in [2.75, 3.05) is 18.0 Å².